The molecule has 0 bridgehead atoms. The molecule has 1 aromatic rings. The Balaban J connectivity index is 2.00. The number of anilines is 1. The number of carbonyl (C=O) groups excluding carboxylic acids is 1. The van der Waals surface area contributed by atoms with Gasteiger partial charge in [0.15, 0.2) is 0 Å². The number of ether oxygens (including phenoxy) is 1. The number of carbonyl (C=O) groups is 1. The van der Waals surface area contributed by atoms with Crippen LogP contribution in [-0.4, -0.2) is 36.3 Å². The summed E-state index contributed by atoms with van der Waals surface area (Å²) in [7, 11) is 0. The molecular weight excluding hydrogens is 299 g/mol. The van der Waals surface area contributed by atoms with Crippen LogP contribution in [0.4, 0.5) is 19.0 Å². The molecule has 1 fully saturated rings. The highest BCUT2D eigenvalue weighted by Gasteiger charge is 2.42. The van der Waals surface area contributed by atoms with E-state index in [1.165, 1.54) is 0 Å². The fourth-order valence-electron chi connectivity index (χ4n) is 2.27. The highest BCUT2D eigenvalue weighted by molar-refractivity contribution is 5.75. The Morgan fingerprint density at radius 2 is 2.05 bits per heavy atom. The fraction of sp³-hybridized carbons (Fsp3) is 0.500. The maximum absolute atomic E-state index is 12.2. The molecule has 5 nitrogen and oxygen atoms in total. The number of aromatic nitrogens is 1. The summed E-state index contributed by atoms with van der Waals surface area (Å²) >= 11 is 0. The summed E-state index contributed by atoms with van der Waals surface area (Å²) < 4.78 is 40.9. The van der Waals surface area contributed by atoms with Gasteiger partial charge in [0, 0.05) is 31.6 Å². The van der Waals surface area contributed by atoms with E-state index < -0.39 is 18.2 Å². The molecule has 0 N–H and O–H groups in total. The first-order valence-corrected chi connectivity index (χ1v) is 6.71. The third-order valence-electron chi connectivity index (χ3n) is 3.38. The Morgan fingerprint density at radius 1 is 1.41 bits per heavy atom. The molecule has 0 saturated carbocycles. The second kappa shape index (κ2) is 6.22. The van der Waals surface area contributed by atoms with Crippen LogP contribution in [0, 0.1) is 18.3 Å². The van der Waals surface area contributed by atoms with E-state index in [0.29, 0.717) is 24.5 Å². The predicted molar refractivity (Wildman–Crippen MR) is 71.1 cm³/mol. The van der Waals surface area contributed by atoms with E-state index in [2.05, 4.69) is 9.72 Å². The molecule has 0 aromatic carbocycles. The Morgan fingerprint density at radius 3 is 2.59 bits per heavy atom. The zero-order valence-electron chi connectivity index (χ0n) is 11.9. The Hall–Kier alpha value is -2.30. The minimum atomic E-state index is -4.97. The number of pyridine rings is 1. The van der Waals surface area contributed by atoms with Crippen molar-refractivity contribution in [2.75, 3.05) is 18.0 Å². The number of hydrogen-bond acceptors (Lipinski definition) is 5. The first kappa shape index (κ1) is 16.1. The van der Waals surface area contributed by atoms with Crippen molar-refractivity contribution in [1.29, 1.82) is 5.26 Å². The maximum Gasteiger partial charge on any atom is 0.490 e. The van der Waals surface area contributed by atoms with Gasteiger partial charge in [-0.2, -0.15) is 18.4 Å². The molecule has 1 saturated heterocycles. The Kier molecular flexibility index (Phi) is 4.54. The maximum atomic E-state index is 12.2. The number of hydrogen-bond donors (Lipinski definition) is 0. The van der Waals surface area contributed by atoms with Gasteiger partial charge in [0.1, 0.15) is 18.0 Å². The van der Waals surface area contributed by atoms with Crippen LogP contribution >= 0.6 is 0 Å². The zero-order chi connectivity index (χ0) is 16.3. The summed E-state index contributed by atoms with van der Waals surface area (Å²) in [6.45, 7) is 2.55. The van der Waals surface area contributed by atoms with Gasteiger partial charge in [-0.3, -0.25) is 0 Å². The van der Waals surface area contributed by atoms with Crippen LogP contribution in [-0.2, 0) is 9.53 Å². The second-order valence-corrected chi connectivity index (χ2v) is 5.03. The number of nitrogens with zero attached hydrogens (tertiary/aromatic N) is 3. The highest BCUT2D eigenvalue weighted by atomic mass is 19.4. The van der Waals surface area contributed by atoms with E-state index in [1.807, 2.05) is 11.0 Å². The van der Waals surface area contributed by atoms with Gasteiger partial charge in [0.05, 0.1) is 5.56 Å². The van der Waals surface area contributed by atoms with Gasteiger partial charge >= 0.3 is 12.1 Å². The number of rotatable bonds is 2. The Bertz CT molecular complexity index is 602. The number of aryl methyl sites for hydroxylation is 1. The topological polar surface area (TPSA) is 66.2 Å². The number of piperidine rings is 1. The van der Waals surface area contributed by atoms with Gasteiger partial charge in [-0.1, -0.05) is 0 Å². The predicted octanol–water partition coefficient (Wildman–Crippen LogP) is 2.34. The first-order chi connectivity index (χ1) is 10.3. The molecule has 0 amide bonds. The van der Waals surface area contributed by atoms with Crippen molar-refractivity contribution < 1.29 is 22.7 Å². The molecule has 118 valence electrons. The van der Waals surface area contributed by atoms with Crippen molar-refractivity contribution >= 4 is 11.8 Å². The molecule has 8 heteroatoms. The van der Waals surface area contributed by atoms with E-state index in [-0.39, 0.29) is 12.8 Å². The van der Waals surface area contributed by atoms with Crippen molar-refractivity contribution in [2.45, 2.75) is 32.0 Å². The van der Waals surface area contributed by atoms with Crippen LogP contribution < -0.4 is 4.90 Å². The molecule has 0 unspecified atom stereocenters. The second-order valence-electron chi connectivity index (χ2n) is 5.03. The zero-order valence-corrected chi connectivity index (χ0v) is 11.9. The molecule has 1 aromatic heterocycles. The molecule has 0 radical (unpaired) electrons. The van der Waals surface area contributed by atoms with Crippen LogP contribution in [0.2, 0.25) is 0 Å². The molecule has 0 atom stereocenters. The van der Waals surface area contributed by atoms with Crippen molar-refractivity contribution in [1.82, 2.24) is 4.98 Å². The molecule has 1 aliphatic rings. The van der Waals surface area contributed by atoms with Crippen LogP contribution in [0.25, 0.3) is 0 Å². The minimum absolute atomic E-state index is 0.266. The van der Waals surface area contributed by atoms with E-state index >= 15 is 0 Å². The quantitative estimate of drug-likeness (QED) is 0.784. The molecule has 0 aliphatic carbocycles. The van der Waals surface area contributed by atoms with Crippen molar-refractivity contribution in [3.05, 3.63) is 23.4 Å². The van der Waals surface area contributed by atoms with Gasteiger partial charge in [-0.15, -0.1) is 0 Å². The van der Waals surface area contributed by atoms with Gasteiger partial charge in [0.25, 0.3) is 0 Å². The van der Waals surface area contributed by atoms with E-state index in [4.69, 9.17) is 5.26 Å². The number of esters is 1. The minimum Gasteiger partial charge on any atom is -0.456 e. The van der Waals surface area contributed by atoms with Crippen molar-refractivity contribution in [3.8, 4) is 6.07 Å². The fourth-order valence-corrected chi connectivity index (χ4v) is 2.27. The molecule has 2 heterocycles. The van der Waals surface area contributed by atoms with E-state index in [9.17, 15) is 18.0 Å². The SMILES string of the molecule is Cc1ccc(C#N)c(N2CCC(OC(=O)C(F)(F)F)CC2)n1. The molecule has 0 spiro atoms. The lowest BCUT2D eigenvalue weighted by molar-refractivity contribution is -0.205. The van der Waals surface area contributed by atoms with E-state index in [1.54, 1.807) is 19.1 Å². The number of alkyl halides is 3. The normalized spacial score (nSPS) is 16.2. The number of nitriles is 1. The van der Waals surface area contributed by atoms with Crippen LogP contribution in [0.15, 0.2) is 12.1 Å². The van der Waals surface area contributed by atoms with Crippen LogP contribution in [0.1, 0.15) is 24.1 Å². The Labute approximate surface area is 125 Å². The first-order valence-electron chi connectivity index (χ1n) is 6.71. The molecule has 2 rings (SSSR count). The summed E-state index contributed by atoms with van der Waals surface area (Å²) in [6, 6.07) is 5.43. The van der Waals surface area contributed by atoms with Gasteiger partial charge in [-0.25, -0.2) is 9.78 Å². The average molecular weight is 313 g/mol. The van der Waals surface area contributed by atoms with Crippen molar-refractivity contribution in [3.63, 3.8) is 0 Å². The average Bonchev–Trinajstić information content (AvgIpc) is 2.47. The third kappa shape index (κ3) is 3.67. The lowest BCUT2D eigenvalue weighted by atomic mass is 10.1. The van der Waals surface area contributed by atoms with Gasteiger partial charge in [0.2, 0.25) is 0 Å². The standard InChI is InChI=1S/C14H14F3N3O2/c1-9-2-3-10(8-18)12(19-9)20-6-4-11(5-7-20)22-13(21)14(15,16)17/h2-3,11H,4-7H2,1H3. The molecule has 1 aliphatic heterocycles. The van der Waals surface area contributed by atoms with Crippen molar-refractivity contribution in [2.24, 2.45) is 0 Å². The summed E-state index contributed by atoms with van der Waals surface area (Å²) in [5.41, 5.74) is 1.16. The van der Waals surface area contributed by atoms with Gasteiger partial charge in [-0.05, 0) is 19.1 Å². The molecular formula is C14H14F3N3O2. The summed E-state index contributed by atoms with van der Waals surface area (Å²) in [6.07, 6.45) is -5.20. The van der Waals surface area contributed by atoms with Crippen LogP contribution in [0.5, 0.6) is 0 Å². The third-order valence-corrected chi connectivity index (χ3v) is 3.38. The summed E-state index contributed by atoms with van der Waals surface area (Å²) in [4.78, 5) is 16.9. The monoisotopic (exact) mass is 313 g/mol. The summed E-state index contributed by atoms with van der Waals surface area (Å²) in [5.74, 6) is -1.64. The highest BCUT2D eigenvalue weighted by Crippen LogP contribution is 2.25. The largest absolute Gasteiger partial charge is 0.490 e. The van der Waals surface area contributed by atoms with Gasteiger partial charge < -0.3 is 9.64 Å². The summed E-state index contributed by atoms with van der Waals surface area (Å²) in [5, 5.41) is 9.09. The smallest absolute Gasteiger partial charge is 0.456 e. The molecule has 22 heavy (non-hydrogen) atoms. The van der Waals surface area contributed by atoms with Crippen LogP contribution in [0.3, 0.4) is 0 Å². The lowest BCUT2D eigenvalue weighted by Crippen LogP contribution is -2.40. The van der Waals surface area contributed by atoms with E-state index in [0.717, 1.165) is 5.69 Å². The number of halogens is 3. The lowest BCUT2D eigenvalue weighted by Gasteiger charge is -2.33.